The van der Waals surface area contributed by atoms with Crippen LogP contribution in [0.2, 0.25) is 0 Å². The number of likely N-dealkylation sites (tertiary alicyclic amines) is 1. The van der Waals surface area contributed by atoms with Crippen LogP contribution in [-0.4, -0.2) is 46.9 Å². The summed E-state index contributed by atoms with van der Waals surface area (Å²) in [5.41, 5.74) is 2.46. The van der Waals surface area contributed by atoms with E-state index >= 15 is 0 Å². The Kier molecular flexibility index (Phi) is 6.32. The van der Waals surface area contributed by atoms with E-state index in [1.54, 1.807) is 13.3 Å². The van der Waals surface area contributed by atoms with Gasteiger partial charge in [-0.1, -0.05) is 17.3 Å². The van der Waals surface area contributed by atoms with Gasteiger partial charge < -0.3 is 14.0 Å². The first-order chi connectivity index (χ1) is 14.8. The Morgan fingerprint density at radius 3 is 3.07 bits per heavy atom. The van der Waals surface area contributed by atoms with Crippen molar-refractivity contribution < 1.29 is 14.0 Å². The number of hydrogen-bond donors (Lipinski definition) is 0. The lowest BCUT2D eigenvalue weighted by Gasteiger charge is -2.21. The van der Waals surface area contributed by atoms with Gasteiger partial charge in [-0.2, -0.15) is 10.2 Å². The second-order valence-electron chi connectivity index (χ2n) is 7.09. The fraction of sp³-hybridized carbons (Fsp3) is 0.364. The Hall–Kier alpha value is -3.28. The molecule has 30 heavy (non-hydrogen) atoms. The topological polar surface area (TPSA) is 97.3 Å². The van der Waals surface area contributed by atoms with Crippen LogP contribution in [0.1, 0.15) is 35.9 Å². The standard InChI is InChI=1S/C22H23N5O3/c1-28-11-12-29-21-18(7-3-9-24-21)20-25-22(30-26-20)19-8-4-10-27(19)15-17-6-2-5-16(13-17)14-23/h2-3,5-7,9,13,19H,4,8,10-12,15H2,1H3. The average molecular weight is 405 g/mol. The normalized spacial score (nSPS) is 16.5. The molecule has 1 aliphatic rings. The van der Waals surface area contributed by atoms with Crippen molar-refractivity contribution in [1.82, 2.24) is 20.0 Å². The quantitative estimate of drug-likeness (QED) is 0.526. The molecule has 8 nitrogen and oxygen atoms in total. The number of ether oxygens (including phenoxy) is 2. The Balaban J connectivity index is 1.51. The Labute approximate surface area is 175 Å². The van der Waals surface area contributed by atoms with Crippen LogP contribution in [0, 0.1) is 11.3 Å². The van der Waals surface area contributed by atoms with Gasteiger partial charge in [-0.05, 0) is 49.2 Å². The molecule has 1 aromatic carbocycles. The van der Waals surface area contributed by atoms with Crippen molar-refractivity contribution in [2.24, 2.45) is 0 Å². The highest BCUT2D eigenvalue weighted by Crippen LogP contribution is 2.34. The molecule has 0 saturated carbocycles. The molecule has 1 atom stereocenters. The van der Waals surface area contributed by atoms with E-state index in [-0.39, 0.29) is 6.04 Å². The number of aromatic nitrogens is 3. The third-order valence-electron chi connectivity index (χ3n) is 5.07. The highest BCUT2D eigenvalue weighted by atomic mass is 16.5. The molecule has 3 aromatic rings. The van der Waals surface area contributed by atoms with E-state index in [1.807, 2.05) is 36.4 Å². The van der Waals surface area contributed by atoms with Crippen LogP contribution < -0.4 is 4.74 Å². The molecular weight excluding hydrogens is 382 g/mol. The molecule has 154 valence electrons. The summed E-state index contributed by atoms with van der Waals surface area (Å²) >= 11 is 0. The minimum absolute atomic E-state index is 0.0477. The molecular formula is C22H23N5O3. The van der Waals surface area contributed by atoms with Crippen LogP contribution in [-0.2, 0) is 11.3 Å². The summed E-state index contributed by atoms with van der Waals surface area (Å²) in [5, 5.41) is 13.3. The predicted octanol–water partition coefficient (Wildman–Crippen LogP) is 3.37. The van der Waals surface area contributed by atoms with E-state index < -0.39 is 0 Å². The second kappa shape index (κ2) is 9.48. The summed E-state index contributed by atoms with van der Waals surface area (Å²) in [5.74, 6) is 1.51. The summed E-state index contributed by atoms with van der Waals surface area (Å²) < 4.78 is 16.4. The van der Waals surface area contributed by atoms with Gasteiger partial charge in [0.15, 0.2) is 0 Å². The van der Waals surface area contributed by atoms with E-state index in [1.165, 1.54) is 0 Å². The molecule has 4 rings (SSSR count). The summed E-state index contributed by atoms with van der Waals surface area (Å²) in [6.07, 6.45) is 3.67. The largest absolute Gasteiger partial charge is 0.475 e. The summed E-state index contributed by atoms with van der Waals surface area (Å²) in [6, 6.07) is 13.6. The molecule has 0 aliphatic carbocycles. The monoisotopic (exact) mass is 405 g/mol. The fourth-order valence-corrected chi connectivity index (χ4v) is 3.65. The highest BCUT2D eigenvalue weighted by molar-refractivity contribution is 5.60. The van der Waals surface area contributed by atoms with Crippen molar-refractivity contribution in [3.05, 3.63) is 59.6 Å². The SMILES string of the molecule is COCCOc1ncccc1-c1noc(C2CCCN2Cc2cccc(C#N)c2)n1. The molecule has 0 radical (unpaired) electrons. The van der Waals surface area contributed by atoms with E-state index in [4.69, 9.17) is 19.3 Å². The highest BCUT2D eigenvalue weighted by Gasteiger charge is 2.31. The van der Waals surface area contributed by atoms with Gasteiger partial charge in [0.1, 0.15) is 6.61 Å². The fourth-order valence-electron chi connectivity index (χ4n) is 3.65. The molecule has 0 amide bonds. The van der Waals surface area contributed by atoms with Crippen LogP contribution >= 0.6 is 0 Å². The van der Waals surface area contributed by atoms with Crippen molar-refractivity contribution in [3.8, 4) is 23.3 Å². The van der Waals surface area contributed by atoms with E-state index in [9.17, 15) is 0 Å². The minimum atomic E-state index is 0.0477. The summed E-state index contributed by atoms with van der Waals surface area (Å²) in [6.45, 7) is 2.54. The zero-order chi connectivity index (χ0) is 20.8. The van der Waals surface area contributed by atoms with Crippen molar-refractivity contribution in [1.29, 1.82) is 5.26 Å². The van der Waals surface area contributed by atoms with Gasteiger partial charge in [-0.25, -0.2) is 4.98 Å². The summed E-state index contributed by atoms with van der Waals surface area (Å²) in [4.78, 5) is 11.3. The molecule has 8 heteroatoms. The van der Waals surface area contributed by atoms with Gasteiger partial charge in [0.05, 0.1) is 29.8 Å². The zero-order valence-electron chi connectivity index (χ0n) is 16.8. The van der Waals surface area contributed by atoms with Crippen LogP contribution in [0.5, 0.6) is 5.88 Å². The molecule has 0 spiro atoms. The third kappa shape index (κ3) is 4.48. The predicted molar refractivity (Wildman–Crippen MR) is 108 cm³/mol. The van der Waals surface area contributed by atoms with E-state index in [0.717, 1.165) is 31.5 Å². The Morgan fingerprint density at radius 2 is 2.20 bits per heavy atom. The zero-order valence-corrected chi connectivity index (χ0v) is 16.8. The average Bonchev–Trinajstić information content (AvgIpc) is 3.44. The van der Waals surface area contributed by atoms with Gasteiger partial charge in [-0.3, -0.25) is 4.90 Å². The number of methoxy groups -OCH3 is 1. The van der Waals surface area contributed by atoms with Crippen LogP contribution in [0.3, 0.4) is 0 Å². The number of hydrogen-bond acceptors (Lipinski definition) is 8. The second-order valence-corrected chi connectivity index (χ2v) is 7.09. The number of benzene rings is 1. The van der Waals surface area contributed by atoms with Gasteiger partial charge in [-0.15, -0.1) is 0 Å². The number of rotatable bonds is 8. The van der Waals surface area contributed by atoms with Gasteiger partial charge >= 0.3 is 0 Å². The molecule has 2 aromatic heterocycles. The van der Waals surface area contributed by atoms with Gasteiger partial charge in [0.25, 0.3) is 0 Å². The van der Waals surface area contributed by atoms with Crippen molar-refractivity contribution in [3.63, 3.8) is 0 Å². The molecule has 0 N–H and O–H groups in total. The first-order valence-corrected chi connectivity index (χ1v) is 9.92. The molecule has 3 heterocycles. The number of pyridine rings is 1. The first-order valence-electron chi connectivity index (χ1n) is 9.92. The van der Waals surface area contributed by atoms with Crippen molar-refractivity contribution in [2.45, 2.75) is 25.4 Å². The molecule has 1 saturated heterocycles. The maximum absolute atomic E-state index is 9.14. The lowest BCUT2D eigenvalue weighted by Crippen LogP contribution is -2.23. The van der Waals surface area contributed by atoms with Crippen LogP contribution in [0.25, 0.3) is 11.4 Å². The van der Waals surface area contributed by atoms with Gasteiger partial charge in [0.2, 0.25) is 17.6 Å². The Morgan fingerprint density at radius 1 is 1.27 bits per heavy atom. The maximum Gasteiger partial charge on any atom is 0.244 e. The lowest BCUT2D eigenvalue weighted by molar-refractivity contribution is 0.144. The van der Waals surface area contributed by atoms with E-state index in [0.29, 0.717) is 41.9 Å². The number of nitrogens with zero attached hydrogens (tertiary/aromatic N) is 5. The van der Waals surface area contributed by atoms with Crippen LogP contribution in [0.15, 0.2) is 47.1 Å². The molecule has 1 aliphatic heterocycles. The molecule has 0 bridgehead atoms. The lowest BCUT2D eigenvalue weighted by atomic mass is 10.1. The van der Waals surface area contributed by atoms with Crippen molar-refractivity contribution in [2.75, 3.05) is 26.9 Å². The van der Waals surface area contributed by atoms with Gasteiger partial charge in [0, 0.05) is 19.9 Å². The summed E-state index contributed by atoms with van der Waals surface area (Å²) in [7, 11) is 1.62. The maximum atomic E-state index is 9.14. The van der Waals surface area contributed by atoms with Crippen LogP contribution in [0.4, 0.5) is 0 Å². The smallest absolute Gasteiger partial charge is 0.244 e. The molecule has 1 unspecified atom stereocenters. The Bertz CT molecular complexity index is 1030. The first kappa shape index (κ1) is 20.0. The van der Waals surface area contributed by atoms with E-state index in [2.05, 4.69) is 26.1 Å². The number of nitriles is 1. The molecule has 1 fully saturated rings. The third-order valence-corrected chi connectivity index (χ3v) is 5.07. The van der Waals surface area contributed by atoms with Crippen molar-refractivity contribution >= 4 is 0 Å². The minimum Gasteiger partial charge on any atom is -0.475 e.